The second-order valence-corrected chi connectivity index (χ2v) is 9.11. The highest BCUT2D eigenvalue weighted by atomic mass is 79.9. The molecule has 0 saturated carbocycles. The summed E-state index contributed by atoms with van der Waals surface area (Å²) in [4.78, 5) is 27.2. The van der Waals surface area contributed by atoms with Crippen LogP contribution in [0, 0.1) is 10.1 Å². The van der Waals surface area contributed by atoms with E-state index in [1.54, 1.807) is 30.3 Å². The van der Waals surface area contributed by atoms with Gasteiger partial charge in [-0.15, -0.1) is 0 Å². The first-order valence-corrected chi connectivity index (χ1v) is 12.1. The average molecular weight is 592 g/mol. The zero-order valence-electron chi connectivity index (χ0n) is 18.7. The van der Waals surface area contributed by atoms with Crippen LogP contribution < -0.4 is 9.47 Å². The Morgan fingerprint density at radius 3 is 2.64 bits per heavy atom. The third-order valence-corrected chi connectivity index (χ3v) is 6.25. The fourth-order valence-corrected chi connectivity index (χ4v) is 4.20. The number of carbonyl (C=O) groups excluding carboxylic acids is 1. The summed E-state index contributed by atoms with van der Waals surface area (Å²) in [6.07, 6.45) is 1.53. The van der Waals surface area contributed by atoms with Crippen LogP contribution in [0.25, 0.3) is 6.08 Å². The first kappa shape index (κ1) is 25.7. The van der Waals surface area contributed by atoms with Crippen LogP contribution in [0.4, 0.5) is 5.69 Å². The van der Waals surface area contributed by atoms with Crippen LogP contribution in [0.1, 0.15) is 23.6 Å². The quantitative estimate of drug-likeness (QED) is 0.121. The van der Waals surface area contributed by atoms with E-state index in [-0.39, 0.29) is 23.9 Å². The molecule has 3 aromatic rings. The smallest absolute Gasteiger partial charge is 0.363 e. The second kappa shape index (κ2) is 11.1. The molecule has 1 aliphatic rings. The van der Waals surface area contributed by atoms with Crippen LogP contribution in [0.3, 0.4) is 0 Å². The third kappa shape index (κ3) is 5.87. The molecule has 11 heteroatoms. The number of hydrogen-bond donors (Lipinski definition) is 0. The summed E-state index contributed by atoms with van der Waals surface area (Å²) in [5.74, 6) is 0.235. The Balaban J connectivity index is 1.61. The highest BCUT2D eigenvalue weighted by Crippen LogP contribution is 2.38. The van der Waals surface area contributed by atoms with Crippen molar-refractivity contribution < 1.29 is 23.9 Å². The number of aliphatic imine (C=N–C) groups is 1. The molecule has 0 aromatic heterocycles. The van der Waals surface area contributed by atoms with Crippen molar-refractivity contribution in [1.82, 2.24) is 0 Å². The van der Waals surface area contributed by atoms with Gasteiger partial charge < -0.3 is 14.2 Å². The molecule has 8 nitrogen and oxygen atoms in total. The molecule has 0 bridgehead atoms. The molecular formula is C25H17BrCl2N2O6. The van der Waals surface area contributed by atoms with Crippen LogP contribution in [0.5, 0.6) is 11.5 Å². The van der Waals surface area contributed by atoms with Gasteiger partial charge in [0, 0.05) is 17.7 Å². The number of ether oxygens (including phenoxy) is 3. The van der Waals surface area contributed by atoms with Crippen molar-refractivity contribution in [2.24, 2.45) is 4.99 Å². The van der Waals surface area contributed by atoms with Gasteiger partial charge in [-0.25, -0.2) is 9.79 Å². The Labute approximate surface area is 224 Å². The molecule has 1 aliphatic heterocycles. The van der Waals surface area contributed by atoms with Crippen molar-refractivity contribution in [2.45, 2.75) is 13.5 Å². The number of nitro benzene ring substituents is 1. The van der Waals surface area contributed by atoms with Crippen molar-refractivity contribution in [3.8, 4) is 11.5 Å². The van der Waals surface area contributed by atoms with Crippen molar-refractivity contribution in [1.29, 1.82) is 0 Å². The number of esters is 1. The van der Waals surface area contributed by atoms with Crippen molar-refractivity contribution in [3.05, 3.63) is 102 Å². The van der Waals surface area contributed by atoms with Gasteiger partial charge >= 0.3 is 5.97 Å². The summed E-state index contributed by atoms with van der Waals surface area (Å²) in [6.45, 7) is 2.44. The van der Waals surface area contributed by atoms with Gasteiger partial charge in [0.25, 0.3) is 5.69 Å². The SMILES string of the molecule is CCOc1cc(/C=C2\N=C(c3cccc([N+](=O)[O-])c3)OC2=O)cc(Br)c1OCc1ccc(Cl)c(Cl)c1. The summed E-state index contributed by atoms with van der Waals surface area (Å²) in [7, 11) is 0. The van der Waals surface area contributed by atoms with Crippen LogP contribution >= 0.6 is 39.1 Å². The number of non-ortho nitro benzene ring substituents is 1. The minimum Gasteiger partial charge on any atom is -0.490 e. The monoisotopic (exact) mass is 590 g/mol. The van der Waals surface area contributed by atoms with Crippen LogP contribution in [0.15, 0.2) is 69.8 Å². The molecule has 3 aromatic carbocycles. The molecule has 0 N–H and O–H groups in total. The van der Waals surface area contributed by atoms with E-state index >= 15 is 0 Å². The zero-order valence-corrected chi connectivity index (χ0v) is 21.8. The molecule has 0 aliphatic carbocycles. The molecule has 0 fully saturated rings. The lowest BCUT2D eigenvalue weighted by atomic mass is 10.1. The number of nitro groups is 1. The lowest BCUT2D eigenvalue weighted by Gasteiger charge is -2.15. The minimum atomic E-state index is -0.675. The Bertz CT molecular complexity index is 1420. The number of benzene rings is 3. The molecule has 0 spiro atoms. The standard InChI is InChI=1S/C25H17BrCl2N2O6/c1-2-34-22-11-15(8-18(26)23(22)35-13-14-6-7-19(27)20(28)9-14)10-21-25(31)36-24(29-21)16-4-3-5-17(12-16)30(32)33/h3-12H,2,13H2,1H3/b21-10-. The van der Waals surface area contributed by atoms with Crippen molar-refractivity contribution in [3.63, 3.8) is 0 Å². The fourth-order valence-electron chi connectivity index (χ4n) is 3.30. The minimum absolute atomic E-state index is 0.0133. The predicted octanol–water partition coefficient (Wildman–Crippen LogP) is 6.99. The fraction of sp³-hybridized carbons (Fsp3) is 0.120. The maximum absolute atomic E-state index is 12.4. The molecule has 1 heterocycles. The summed E-state index contributed by atoms with van der Waals surface area (Å²) in [5, 5.41) is 11.9. The zero-order chi connectivity index (χ0) is 25.8. The Morgan fingerprint density at radius 2 is 1.92 bits per heavy atom. The van der Waals surface area contributed by atoms with E-state index in [2.05, 4.69) is 20.9 Å². The molecule has 184 valence electrons. The lowest BCUT2D eigenvalue weighted by molar-refractivity contribution is -0.384. The molecule has 0 radical (unpaired) electrons. The summed E-state index contributed by atoms with van der Waals surface area (Å²) in [6, 6.07) is 14.4. The van der Waals surface area contributed by atoms with E-state index in [9.17, 15) is 14.9 Å². The van der Waals surface area contributed by atoms with Crippen molar-refractivity contribution >= 4 is 62.8 Å². The summed E-state index contributed by atoms with van der Waals surface area (Å²) in [5.41, 5.74) is 1.65. The van der Waals surface area contributed by atoms with E-state index < -0.39 is 10.9 Å². The van der Waals surface area contributed by atoms with Gasteiger partial charge in [0.2, 0.25) is 5.90 Å². The first-order valence-electron chi connectivity index (χ1n) is 10.6. The number of hydrogen-bond acceptors (Lipinski definition) is 7. The highest BCUT2D eigenvalue weighted by Gasteiger charge is 2.25. The van der Waals surface area contributed by atoms with Crippen LogP contribution in [0.2, 0.25) is 10.0 Å². The Morgan fingerprint density at radius 1 is 1.11 bits per heavy atom. The van der Waals surface area contributed by atoms with Crippen LogP contribution in [-0.4, -0.2) is 23.4 Å². The number of nitrogens with zero attached hydrogens (tertiary/aromatic N) is 2. The van der Waals surface area contributed by atoms with Gasteiger partial charge in [0.05, 0.1) is 26.0 Å². The number of halogens is 3. The third-order valence-electron chi connectivity index (χ3n) is 4.93. The maximum atomic E-state index is 12.4. The van der Waals surface area contributed by atoms with Gasteiger partial charge in [0.1, 0.15) is 6.61 Å². The topological polar surface area (TPSA) is 100 Å². The second-order valence-electron chi connectivity index (χ2n) is 7.44. The van der Waals surface area contributed by atoms with E-state index in [4.69, 9.17) is 37.4 Å². The number of carbonyl (C=O) groups is 1. The highest BCUT2D eigenvalue weighted by molar-refractivity contribution is 9.10. The molecule has 36 heavy (non-hydrogen) atoms. The largest absolute Gasteiger partial charge is 0.490 e. The average Bonchev–Trinajstić information content (AvgIpc) is 3.21. The van der Waals surface area contributed by atoms with Gasteiger partial charge in [-0.1, -0.05) is 35.3 Å². The summed E-state index contributed by atoms with van der Waals surface area (Å²) < 4.78 is 17.6. The van der Waals surface area contributed by atoms with E-state index in [0.717, 1.165) is 5.56 Å². The predicted molar refractivity (Wildman–Crippen MR) is 140 cm³/mol. The molecular weight excluding hydrogens is 575 g/mol. The van der Waals surface area contributed by atoms with Crippen molar-refractivity contribution in [2.75, 3.05) is 6.61 Å². The van der Waals surface area contributed by atoms with Crippen LogP contribution in [-0.2, 0) is 16.1 Å². The molecule has 4 rings (SSSR count). The van der Waals surface area contributed by atoms with Gasteiger partial charge in [-0.3, -0.25) is 10.1 Å². The number of rotatable bonds is 8. The summed E-state index contributed by atoms with van der Waals surface area (Å²) >= 11 is 15.6. The molecule has 0 amide bonds. The maximum Gasteiger partial charge on any atom is 0.363 e. The Kier molecular flexibility index (Phi) is 7.93. The van der Waals surface area contributed by atoms with E-state index in [0.29, 0.717) is 43.8 Å². The Hall–Kier alpha value is -3.40. The van der Waals surface area contributed by atoms with Gasteiger partial charge in [-0.05, 0) is 70.4 Å². The normalized spacial score (nSPS) is 13.9. The first-order chi connectivity index (χ1) is 17.2. The number of cyclic esters (lactones) is 1. The molecule has 0 saturated heterocycles. The lowest BCUT2D eigenvalue weighted by Crippen LogP contribution is -2.05. The van der Waals surface area contributed by atoms with Gasteiger partial charge in [-0.2, -0.15) is 0 Å². The molecule has 0 atom stereocenters. The van der Waals surface area contributed by atoms with E-state index in [1.807, 2.05) is 13.0 Å². The van der Waals surface area contributed by atoms with E-state index in [1.165, 1.54) is 24.3 Å². The van der Waals surface area contributed by atoms with Gasteiger partial charge in [0.15, 0.2) is 17.2 Å². The molecule has 0 unspecified atom stereocenters.